The summed E-state index contributed by atoms with van der Waals surface area (Å²) in [7, 11) is 0. The van der Waals surface area contributed by atoms with Crippen LogP contribution in [0.25, 0.3) is 5.65 Å². The molecule has 1 saturated heterocycles. The van der Waals surface area contributed by atoms with Gasteiger partial charge in [-0.2, -0.15) is 13.2 Å². The minimum absolute atomic E-state index is 0.288. The number of imidazole rings is 1. The van der Waals surface area contributed by atoms with E-state index in [4.69, 9.17) is 0 Å². The predicted molar refractivity (Wildman–Crippen MR) is 91.4 cm³/mol. The molecule has 0 radical (unpaired) electrons. The molecule has 26 heavy (non-hydrogen) atoms. The zero-order valence-corrected chi connectivity index (χ0v) is 14.1. The van der Waals surface area contributed by atoms with E-state index in [9.17, 15) is 13.2 Å². The molecule has 0 aliphatic carbocycles. The number of hydrogen-bond donors (Lipinski definition) is 0. The van der Waals surface area contributed by atoms with E-state index in [1.54, 1.807) is 18.6 Å². The number of halogens is 3. The van der Waals surface area contributed by atoms with Crippen molar-refractivity contribution in [2.24, 2.45) is 0 Å². The fourth-order valence-corrected chi connectivity index (χ4v) is 3.11. The van der Waals surface area contributed by atoms with E-state index in [1.807, 2.05) is 19.1 Å². The van der Waals surface area contributed by atoms with Crippen molar-refractivity contribution in [1.29, 1.82) is 0 Å². The van der Waals surface area contributed by atoms with Crippen molar-refractivity contribution in [3.05, 3.63) is 48.3 Å². The van der Waals surface area contributed by atoms with Crippen molar-refractivity contribution in [2.45, 2.75) is 13.1 Å². The molecule has 4 heterocycles. The number of rotatable bonds is 2. The number of alkyl halides is 3. The molecule has 0 saturated carbocycles. The first-order chi connectivity index (χ1) is 12.4. The van der Waals surface area contributed by atoms with Crippen LogP contribution in [0.15, 0.2) is 36.9 Å². The van der Waals surface area contributed by atoms with E-state index in [1.165, 1.54) is 4.40 Å². The van der Waals surface area contributed by atoms with Crippen LogP contribution in [0.4, 0.5) is 24.7 Å². The number of fused-ring (bicyclic) bond motifs is 1. The summed E-state index contributed by atoms with van der Waals surface area (Å²) in [5.41, 5.74) is 1.21. The standard InChI is InChI=1S/C17H17F3N6/c1-12-8-16(22-11-21-12)25-6-4-24(5-7-25)13-2-3-15-23-14(17(18,19)20)10-26(15)9-13/h2-3,8-11H,4-7H2,1H3. The molecule has 0 bridgehead atoms. The number of pyridine rings is 1. The molecule has 1 aliphatic heterocycles. The third-order valence-electron chi connectivity index (χ3n) is 4.48. The minimum atomic E-state index is -4.44. The highest BCUT2D eigenvalue weighted by Crippen LogP contribution is 2.29. The Hall–Kier alpha value is -2.84. The maximum absolute atomic E-state index is 12.8. The van der Waals surface area contributed by atoms with Crippen LogP contribution >= 0.6 is 0 Å². The Morgan fingerprint density at radius 1 is 0.962 bits per heavy atom. The molecule has 0 amide bonds. The van der Waals surface area contributed by atoms with E-state index >= 15 is 0 Å². The van der Waals surface area contributed by atoms with Crippen molar-refractivity contribution in [1.82, 2.24) is 19.4 Å². The van der Waals surface area contributed by atoms with Gasteiger partial charge in [-0.15, -0.1) is 0 Å². The van der Waals surface area contributed by atoms with Gasteiger partial charge in [-0.1, -0.05) is 0 Å². The summed E-state index contributed by atoms with van der Waals surface area (Å²) in [6.07, 6.45) is -0.156. The van der Waals surface area contributed by atoms with Gasteiger partial charge in [0, 0.05) is 50.3 Å². The Bertz CT molecular complexity index is 928. The van der Waals surface area contributed by atoms with E-state index in [0.29, 0.717) is 0 Å². The molecule has 1 aliphatic rings. The topological polar surface area (TPSA) is 49.6 Å². The number of aromatic nitrogens is 4. The molecule has 136 valence electrons. The SMILES string of the molecule is Cc1cc(N2CCN(c3ccc4nc(C(F)(F)F)cn4c3)CC2)ncn1. The lowest BCUT2D eigenvalue weighted by Crippen LogP contribution is -2.46. The number of anilines is 2. The molecule has 3 aromatic rings. The lowest BCUT2D eigenvalue weighted by atomic mass is 10.2. The van der Waals surface area contributed by atoms with Gasteiger partial charge in [0.15, 0.2) is 5.69 Å². The summed E-state index contributed by atoms with van der Waals surface area (Å²) in [4.78, 5) is 16.4. The number of piperazine rings is 1. The summed E-state index contributed by atoms with van der Waals surface area (Å²) in [5, 5.41) is 0. The molecular weight excluding hydrogens is 345 g/mol. The maximum atomic E-state index is 12.8. The lowest BCUT2D eigenvalue weighted by molar-refractivity contribution is -0.140. The molecule has 0 N–H and O–H groups in total. The van der Waals surface area contributed by atoms with E-state index in [0.717, 1.165) is 49.6 Å². The minimum Gasteiger partial charge on any atom is -0.367 e. The van der Waals surface area contributed by atoms with Crippen molar-refractivity contribution < 1.29 is 13.2 Å². The maximum Gasteiger partial charge on any atom is 0.434 e. The fourth-order valence-electron chi connectivity index (χ4n) is 3.11. The molecule has 9 heteroatoms. The van der Waals surface area contributed by atoms with Crippen molar-refractivity contribution >= 4 is 17.2 Å². The van der Waals surface area contributed by atoms with Crippen LogP contribution < -0.4 is 9.80 Å². The average molecular weight is 362 g/mol. The molecule has 0 spiro atoms. The average Bonchev–Trinajstić information content (AvgIpc) is 3.05. The summed E-state index contributed by atoms with van der Waals surface area (Å²) >= 11 is 0. The molecule has 3 aromatic heterocycles. The van der Waals surface area contributed by atoms with Crippen LogP contribution in [0.1, 0.15) is 11.4 Å². The largest absolute Gasteiger partial charge is 0.434 e. The van der Waals surface area contributed by atoms with Crippen molar-refractivity contribution in [3.8, 4) is 0 Å². The zero-order chi connectivity index (χ0) is 18.3. The summed E-state index contributed by atoms with van der Waals surface area (Å²) in [5.74, 6) is 0.900. The van der Waals surface area contributed by atoms with Crippen LogP contribution in [-0.2, 0) is 6.18 Å². The molecule has 4 rings (SSSR count). The third-order valence-corrected chi connectivity index (χ3v) is 4.48. The van der Waals surface area contributed by atoms with Crippen LogP contribution in [0.3, 0.4) is 0 Å². The number of hydrogen-bond acceptors (Lipinski definition) is 5. The first kappa shape index (κ1) is 16.6. The highest BCUT2D eigenvalue weighted by atomic mass is 19.4. The Balaban J connectivity index is 1.50. The van der Waals surface area contributed by atoms with Gasteiger partial charge in [-0.25, -0.2) is 15.0 Å². The molecule has 0 atom stereocenters. The van der Waals surface area contributed by atoms with Gasteiger partial charge < -0.3 is 14.2 Å². The van der Waals surface area contributed by atoms with Crippen LogP contribution in [-0.4, -0.2) is 45.5 Å². The smallest absolute Gasteiger partial charge is 0.367 e. The first-order valence-electron chi connectivity index (χ1n) is 8.25. The Morgan fingerprint density at radius 3 is 2.38 bits per heavy atom. The second-order valence-corrected chi connectivity index (χ2v) is 6.27. The Morgan fingerprint density at radius 2 is 1.69 bits per heavy atom. The Labute approximate surface area is 147 Å². The quantitative estimate of drug-likeness (QED) is 0.702. The molecule has 0 unspecified atom stereocenters. The van der Waals surface area contributed by atoms with E-state index in [2.05, 4.69) is 24.8 Å². The number of nitrogens with zero attached hydrogens (tertiary/aromatic N) is 6. The van der Waals surface area contributed by atoms with Crippen molar-refractivity contribution in [2.75, 3.05) is 36.0 Å². The van der Waals surface area contributed by atoms with Gasteiger partial charge in [0.1, 0.15) is 17.8 Å². The van der Waals surface area contributed by atoms with Gasteiger partial charge in [-0.05, 0) is 19.1 Å². The normalized spacial score (nSPS) is 15.7. The van der Waals surface area contributed by atoms with Crippen molar-refractivity contribution in [3.63, 3.8) is 0 Å². The zero-order valence-electron chi connectivity index (χ0n) is 14.1. The first-order valence-corrected chi connectivity index (χ1v) is 8.25. The van der Waals surface area contributed by atoms with Crippen LogP contribution in [0.2, 0.25) is 0 Å². The molecule has 6 nitrogen and oxygen atoms in total. The second kappa shape index (κ2) is 6.15. The number of aryl methyl sites for hydroxylation is 1. The monoisotopic (exact) mass is 362 g/mol. The van der Waals surface area contributed by atoms with Crippen LogP contribution in [0, 0.1) is 6.92 Å². The van der Waals surface area contributed by atoms with Gasteiger partial charge in [0.25, 0.3) is 0 Å². The second-order valence-electron chi connectivity index (χ2n) is 6.27. The van der Waals surface area contributed by atoms with E-state index < -0.39 is 11.9 Å². The molecular formula is C17H17F3N6. The van der Waals surface area contributed by atoms with Gasteiger partial charge in [0.2, 0.25) is 0 Å². The van der Waals surface area contributed by atoms with Gasteiger partial charge in [0.05, 0.1) is 5.69 Å². The molecule has 0 aromatic carbocycles. The lowest BCUT2D eigenvalue weighted by Gasteiger charge is -2.36. The Kier molecular flexibility index (Phi) is 3.93. The fraction of sp³-hybridized carbons (Fsp3) is 0.353. The molecule has 1 fully saturated rings. The van der Waals surface area contributed by atoms with Gasteiger partial charge >= 0.3 is 6.18 Å². The van der Waals surface area contributed by atoms with Crippen LogP contribution in [0.5, 0.6) is 0 Å². The predicted octanol–water partition coefficient (Wildman–Crippen LogP) is 2.78. The highest BCUT2D eigenvalue weighted by Gasteiger charge is 2.34. The highest BCUT2D eigenvalue weighted by molar-refractivity contribution is 5.54. The summed E-state index contributed by atoms with van der Waals surface area (Å²) in [6.45, 7) is 5.01. The van der Waals surface area contributed by atoms with E-state index in [-0.39, 0.29) is 5.65 Å². The third kappa shape index (κ3) is 3.16. The van der Waals surface area contributed by atoms with Gasteiger partial charge in [-0.3, -0.25) is 0 Å². The summed E-state index contributed by atoms with van der Waals surface area (Å²) in [6, 6.07) is 5.38. The summed E-state index contributed by atoms with van der Waals surface area (Å²) < 4.78 is 39.9.